The number of benzene rings is 1. The van der Waals surface area contributed by atoms with Crippen LogP contribution in [0.3, 0.4) is 0 Å². The Morgan fingerprint density at radius 1 is 1.24 bits per heavy atom. The largest absolute Gasteiger partial charge is 0.313 e. The van der Waals surface area contributed by atoms with Gasteiger partial charge in [-0.3, -0.25) is 0 Å². The second-order valence-corrected chi connectivity index (χ2v) is 5.16. The molecule has 0 saturated carbocycles. The molecule has 17 heavy (non-hydrogen) atoms. The molecule has 2 rings (SSSR count). The van der Waals surface area contributed by atoms with Crippen molar-refractivity contribution < 1.29 is 0 Å². The van der Waals surface area contributed by atoms with E-state index in [-0.39, 0.29) is 0 Å². The van der Waals surface area contributed by atoms with Gasteiger partial charge < -0.3 is 10.2 Å². The van der Waals surface area contributed by atoms with Gasteiger partial charge in [0.05, 0.1) is 0 Å². The van der Waals surface area contributed by atoms with E-state index < -0.39 is 0 Å². The summed E-state index contributed by atoms with van der Waals surface area (Å²) in [4.78, 5) is 2.42. The van der Waals surface area contributed by atoms with Crippen molar-refractivity contribution in [2.24, 2.45) is 0 Å². The fourth-order valence-electron chi connectivity index (χ4n) is 2.55. The van der Waals surface area contributed by atoms with E-state index in [1.165, 1.54) is 30.5 Å². The molecule has 2 heteroatoms. The number of nitrogens with zero attached hydrogens (tertiary/aromatic N) is 1. The van der Waals surface area contributed by atoms with Gasteiger partial charge in [-0.1, -0.05) is 31.2 Å². The summed E-state index contributed by atoms with van der Waals surface area (Å²) in [5, 5.41) is 3.55. The van der Waals surface area contributed by atoms with Crippen molar-refractivity contribution in [3.05, 3.63) is 35.4 Å². The van der Waals surface area contributed by atoms with Gasteiger partial charge in [0.15, 0.2) is 0 Å². The van der Waals surface area contributed by atoms with Crippen LogP contribution in [0.25, 0.3) is 0 Å². The summed E-state index contributed by atoms with van der Waals surface area (Å²) in [5.41, 5.74) is 2.84. The Labute approximate surface area is 105 Å². The summed E-state index contributed by atoms with van der Waals surface area (Å²) in [7, 11) is 2.22. The first-order valence-electron chi connectivity index (χ1n) is 6.77. The Balaban J connectivity index is 1.81. The van der Waals surface area contributed by atoms with Crippen LogP contribution in [-0.2, 0) is 13.0 Å². The van der Waals surface area contributed by atoms with Crippen molar-refractivity contribution in [3.63, 3.8) is 0 Å². The molecule has 0 aliphatic carbocycles. The lowest BCUT2D eigenvalue weighted by molar-refractivity contribution is 0.293. The molecule has 0 radical (unpaired) electrons. The lowest BCUT2D eigenvalue weighted by Crippen LogP contribution is -2.34. The van der Waals surface area contributed by atoms with Crippen LogP contribution >= 0.6 is 0 Å². The Morgan fingerprint density at radius 2 is 1.94 bits per heavy atom. The summed E-state index contributed by atoms with van der Waals surface area (Å²) < 4.78 is 0. The second-order valence-electron chi connectivity index (χ2n) is 5.16. The first-order valence-corrected chi connectivity index (χ1v) is 6.77. The monoisotopic (exact) mass is 232 g/mol. The van der Waals surface area contributed by atoms with Crippen LogP contribution in [0, 0.1) is 0 Å². The summed E-state index contributed by atoms with van der Waals surface area (Å²) in [5.74, 6) is 0. The molecule has 0 spiro atoms. The molecule has 0 aromatic heterocycles. The molecular formula is C15H24N2. The fraction of sp³-hybridized carbons (Fsp3) is 0.600. The molecular weight excluding hydrogens is 208 g/mol. The topological polar surface area (TPSA) is 15.3 Å². The second kappa shape index (κ2) is 6.18. The highest BCUT2D eigenvalue weighted by molar-refractivity contribution is 5.22. The zero-order valence-electron chi connectivity index (χ0n) is 11.1. The third kappa shape index (κ3) is 3.83. The van der Waals surface area contributed by atoms with Crippen molar-refractivity contribution in [1.82, 2.24) is 10.2 Å². The highest BCUT2D eigenvalue weighted by Gasteiger charge is 2.15. The van der Waals surface area contributed by atoms with E-state index in [0.29, 0.717) is 6.04 Å². The molecule has 1 atom stereocenters. The van der Waals surface area contributed by atoms with Crippen LogP contribution in [0.5, 0.6) is 0 Å². The minimum Gasteiger partial charge on any atom is -0.313 e. The van der Waals surface area contributed by atoms with E-state index in [2.05, 4.69) is 48.5 Å². The molecule has 1 aliphatic heterocycles. The Morgan fingerprint density at radius 3 is 2.53 bits per heavy atom. The van der Waals surface area contributed by atoms with E-state index >= 15 is 0 Å². The predicted molar refractivity (Wildman–Crippen MR) is 73.2 cm³/mol. The smallest absolute Gasteiger partial charge is 0.0231 e. The molecule has 94 valence electrons. The minimum atomic E-state index is 0.704. The molecule has 1 saturated heterocycles. The van der Waals surface area contributed by atoms with Gasteiger partial charge in [0.2, 0.25) is 0 Å². The van der Waals surface area contributed by atoms with Gasteiger partial charge in [-0.2, -0.15) is 0 Å². The highest BCUT2D eigenvalue weighted by Crippen LogP contribution is 2.10. The van der Waals surface area contributed by atoms with Crippen molar-refractivity contribution in [2.45, 2.75) is 38.8 Å². The summed E-state index contributed by atoms with van der Waals surface area (Å²) in [6.07, 6.45) is 3.80. The van der Waals surface area contributed by atoms with Gasteiger partial charge in [0, 0.05) is 19.1 Å². The van der Waals surface area contributed by atoms with E-state index in [1.807, 2.05) is 0 Å². The number of likely N-dealkylation sites (N-methyl/N-ethyl adjacent to an activating group) is 1. The molecule has 1 heterocycles. The Bertz CT molecular complexity index is 325. The van der Waals surface area contributed by atoms with Crippen LogP contribution in [0.15, 0.2) is 24.3 Å². The molecule has 0 bridgehead atoms. The highest BCUT2D eigenvalue weighted by atomic mass is 15.1. The van der Waals surface area contributed by atoms with Crippen LogP contribution in [0.2, 0.25) is 0 Å². The predicted octanol–water partition coefficient (Wildman–Crippen LogP) is 2.43. The van der Waals surface area contributed by atoms with Crippen LogP contribution in [0.4, 0.5) is 0 Å². The first kappa shape index (κ1) is 12.6. The number of nitrogens with one attached hydrogen (secondary N) is 1. The maximum atomic E-state index is 3.55. The average Bonchev–Trinajstić information content (AvgIpc) is 2.82. The first-order chi connectivity index (χ1) is 8.28. The molecule has 0 amide bonds. The molecule has 1 aromatic carbocycles. The third-order valence-electron chi connectivity index (χ3n) is 3.58. The zero-order chi connectivity index (χ0) is 12.1. The van der Waals surface area contributed by atoms with Crippen LogP contribution < -0.4 is 5.32 Å². The van der Waals surface area contributed by atoms with Crippen LogP contribution in [0.1, 0.15) is 30.9 Å². The molecule has 1 N–H and O–H groups in total. The lowest BCUT2D eigenvalue weighted by Gasteiger charge is -2.21. The van der Waals surface area contributed by atoms with Gasteiger partial charge in [-0.25, -0.2) is 0 Å². The van der Waals surface area contributed by atoms with E-state index in [9.17, 15) is 0 Å². The van der Waals surface area contributed by atoms with Crippen molar-refractivity contribution >= 4 is 0 Å². The number of rotatable bonds is 5. The third-order valence-corrected chi connectivity index (χ3v) is 3.58. The fourth-order valence-corrected chi connectivity index (χ4v) is 2.55. The van der Waals surface area contributed by atoms with Gasteiger partial charge in [-0.15, -0.1) is 0 Å². The zero-order valence-corrected chi connectivity index (χ0v) is 11.1. The quantitative estimate of drug-likeness (QED) is 0.839. The number of aryl methyl sites for hydroxylation is 1. The van der Waals surface area contributed by atoms with E-state index in [4.69, 9.17) is 0 Å². The van der Waals surface area contributed by atoms with E-state index in [1.54, 1.807) is 0 Å². The molecule has 2 nitrogen and oxygen atoms in total. The standard InChI is InChI=1S/C15H24N2/c1-3-13-6-8-14(9-7-13)11-17(2)12-15-5-4-10-16-15/h6-9,15-16H,3-5,10-12H2,1-2H3. The molecule has 1 fully saturated rings. The van der Waals surface area contributed by atoms with Crippen molar-refractivity contribution in [3.8, 4) is 0 Å². The van der Waals surface area contributed by atoms with Crippen LogP contribution in [-0.4, -0.2) is 31.1 Å². The van der Waals surface area contributed by atoms with Gasteiger partial charge in [0.1, 0.15) is 0 Å². The maximum absolute atomic E-state index is 3.55. The molecule has 1 unspecified atom stereocenters. The minimum absolute atomic E-state index is 0.704. The van der Waals surface area contributed by atoms with Crippen molar-refractivity contribution in [1.29, 1.82) is 0 Å². The van der Waals surface area contributed by atoms with Gasteiger partial charge in [-0.05, 0) is 44.0 Å². The van der Waals surface area contributed by atoms with Gasteiger partial charge in [0.25, 0.3) is 0 Å². The average molecular weight is 232 g/mol. The summed E-state index contributed by atoms with van der Waals surface area (Å²) in [6, 6.07) is 9.72. The lowest BCUT2D eigenvalue weighted by atomic mass is 10.1. The molecule has 1 aliphatic rings. The summed E-state index contributed by atoms with van der Waals surface area (Å²) in [6.45, 7) is 5.62. The SMILES string of the molecule is CCc1ccc(CN(C)CC2CCCN2)cc1. The maximum Gasteiger partial charge on any atom is 0.0231 e. The summed E-state index contributed by atoms with van der Waals surface area (Å²) >= 11 is 0. The molecule has 1 aromatic rings. The number of hydrogen-bond acceptors (Lipinski definition) is 2. The van der Waals surface area contributed by atoms with E-state index in [0.717, 1.165) is 19.5 Å². The van der Waals surface area contributed by atoms with Gasteiger partial charge >= 0.3 is 0 Å². The van der Waals surface area contributed by atoms with Crippen molar-refractivity contribution in [2.75, 3.05) is 20.1 Å². The Kier molecular flexibility index (Phi) is 4.57. The normalized spacial score (nSPS) is 20.1. The Hall–Kier alpha value is -0.860. The number of hydrogen-bond donors (Lipinski definition) is 1.